The molecule has 4 aromatic rings. The van der Waals surface area contributed by atoms with E-state index in [9.17, 15) is 13.2 Å². The molecular weight excluding hydrogens is 414 g/mol. The van der Waals surface area contributed by atoms with E-state index in [4.69, 9.17) is 0 Å². The first-order valence-electron chi connectivity index (χ1n) is 9.56. The van der Waals surface area contributed by atoms with Gasteiger partial charge in [0.2, 0.25) is 10.0 Å². The maximum Gasteiger partial charge on any atom is 0.257 e. The minimum Gasteiger partial charge on any atom is -0.348 e. The predicted molar refractivity (Wildman–Crippen MR) is 117 cm³/mol. The van der Waals surface area contributed by atoms with E-state index >= 15 is 0 Å². The molecule has 0 aliphatic rings. The SMILES string of the molecule is CN(C)S(=O)(=O)c1ccc(CNC(=O)c2cnn3c(-c4ccccc4)ccnc23)cc1. The Labute approximate surface area is 180 Å². The Kier molecular flexibility index (Phi) is 5.53. The maximum absolute atomic E-state index is 12.7. The maximum atomic E-state index is 12.7. The molecule has 2 aromatic heterocycles. The zero-order valence-corrected chi connectivity index (χ0v) is 17.9. The Morgan fingerprint density at radius 1 is 1.03 bits per heavy atom. The summed E-state index contributed by atoms with van der Waals surface area (Å²) in [6.45, 7) is 0.247. The van der Waals surface area contributed by atoms with Crippen molar-refractivity contribution in [2.24, 2.45) is 0 Å². The largest absolute Gasteiger partial charge is 0.348 e. The molecule has 0 atom stereocenters. The van der Waals surface area contributed by atoms with E-state index in [0.717, 1.165) is 21.1 Å². The second kappa shape index (κ2) is 8.29. The van der Waals surface area contributed by atoms with Gasteiger partial charge in [0.15, 0.2) is 5.65 Å². The summed E-state index contributed by atoms with van der Waals surface area (Å²) >= 11 is 0. The normalized spacial score (nSPS) is 11.7. The van der Waals surface area contributed by atoms with Crippen LogP contribution in [0.15, 0.2) is 78.0 Å². The zero-order valence-electron chi connectivity index (χ0n) is 17.1. The molecule has 0 fully saturated rings. The molecular formula is C22H21N5O3S. The lowest BCUT2D eigenvalue weighted by Crippen LogP contribution is -2.23. The molecule has 8 nitrogen and oxygen atoms in total. The van der Waals surface area contributed by atoms with E-state index in [2.05, 4.69) is 15.4 Å². The minimum absolute atomic E-state index is 0.202. The molecule has 1 amide bonds. The fourth-order valence-corrected chi connectivity index (χ4v) is 4.05. The summed E-state index contributed by atoms with van der Waals surface area (Å²) in [4.78, 5) is 17.3. The molecule has 0 unspecified atom stereocenters. The van der Waals surface area contributed by atoms with E-state index in [1.165, 1.54) is 32.4 Å². The van der Waals surface area contributed by atoms with Crippen LogP contribution in [0.2, 0.25) is 0 Å². The van der Waals surface area contributed by atoms with E-state index in [1.54, 1.807) is 22.8 Å². The summed E-state index contributed by atoms with van der Waals surface area (Å²) in [6, 6.07) is 18.0. The van der Waals surface area contributed by atoms with Crippen molar-refractivity contribution in [2.45, 2.75) is 11.4 Å². The quantitative estimate of drug-likeness (QED) is 0.502. The van der Waals surface area contributed by atoms with Gasteiger partial charge in [-0.15, -0.1) is 0 Å². The Morgan fingerprint density at radius 2 is 1.74 bits per heavy atom. The molecule has 0 aliphatic carbocycles. The minimum atomic E-state index is -3.49. The van der Waals surface area contributed by atoms with Crippen LogP contribution in [0.4, 0.5) is 0 Å². The number of benzene rings is 2. The first-order valence-corrected chi connectivity index (χ1v) is 11.0. The molecule has 158 valence electrons. The molecule has 0 saturated carbocycles. The van der Waals surface area contributed by atoms with Gasteiger partial charge in [-0.05, 0) is 23.8 Å². The predicted octanol–water partition coefficient (Wildman–Crippen LogP) is 2.58. The van der Waals surface area contributed by atoms with Crippen molar-refractivity contribution in [2.75, 3.05) is 14.1 Å². The molecule has 0 radical (unpaired) electrons. The average Bonchev–Trinajstić information content (AvgIpc) is 3.22. The molecule has 0 spiro atoms. The van der Waals surface area contributed by atoms with Crippen molar-refractivity contribution in [3.8, 4) is 11.3 Å². The summed E-state index contributed by atoms with van der Waals surface area (Å²) in [5.74, 6) is -0.308. The Morgan fingerprint density at radius 3 is 2.42 bits per heavy atom. The Balaban J connectivity index is 1.52. The van der Waals surface area contributed by atoms with E-state index in [1.807, 2.05) is 36.4 Å². The second-order valence-electron chi connectivity index (χ2n) is 7.10. The second-order valence-corrected chi connectivity index (χ2v) is 9.26. The number of nitrogens with one attached hydrogen (secondary N) is 1. The van der Waals surface area contributed by atoms with Crippen molar-refractivity contribution >= 4 is 21.6 Å². The molecule has 2 aromatic carbocycles. The molecule has 31 heavy (non-hydrogen) atoms. The highest BCUT2D eigenvalue weighted by atomic mass is 32.2. The smallest absolute Gasteiger partial charge is 0.257 e. The number of hydrogen-bond acceptors (Lipinski definition) is 5. The molecule has 4 rings (SSSR count). The average molecular weight is 436 g/mol. The standard InChI is InChI=1S/C22H21N5O3S/c1-26(2)31(29,30)18-10-8-16(9-11-18)14-24-22(28)19-15-25-27-20(12-13-23-21(19)27)17-6-4-3-5-7-17/h3-13,15H,14H2,1-2H3,(H,24,28). The van der Waals surface area contributed by atoms with Gasteiger partial charge in [-0.25, -0.2) is 22.2 Å². The highest BCUT2D eigenvalue weighted by molar-refractivity contribution is 7.89. The number of carbonyl (C=O) groups is 1. The van der Waals surface area contributed by atoms with Gasteiger partial charge in [-0.1, -0.05) is 42.5 Å². The lowest BCUT2D eigenvalue weighted by Gasteiger charge is -2.11. The summed E-state index contributed by atoms with van der Waals surface area (Å²) in [5, 5.41) is 7.19. The van der Waals surface area contributed by atoms with Gasteiger partial charge in [-0.3, -0.25) is 4.79 Å². The number of rotatable bonds is 6. The topological polar surface area (TPSA) is 96.7 Å². The number of hydrogen-bond donors (Lipinski definition) is 1. The highest BCUT2D eigenvalue weighted by Crippen LogP contribution is 2.20. The van der Waals surface area contributed by atoms with Crippen molar-refractivity contribution in [1.82, 2.24) is 24.2 Å². The Hall–Kier alpha value is -3.56. The van der Waals surface area contributed by atoms with Crippen molar-refractivity contribution in [1.29, 1.82) is 0 Å². The van der Waals surface area contributed by atoms with Crippen molar-refractivity contribution in [3.05, 3.63) is 84.2 Å². The van der Waals surface area contributed by atoms with Gasteiger partial charge < -0.3 is 5.32 Å². The van der Waals surface area contributed by atoms with Crippen LogP contribution in [-0.2, 0) is 16.6 Å². The zero-order chi connectivity index (χ0) is 22.0. The van der Waals surface area contributed by atoms with Crippen LogP contribution in [0.3, 0.4) is 0 Å². The lowest BCUT2D eigenvalue weighted by atomic mass is 10.1. The monoisotopic (exact) mass is 435 g/mol. The van der Waals surface area contributed by atoms with E-state index < -0.39 is 10.0 Å². The van der Waals surface area contributed by atoms with Gasteiger partial charge in [0, 0.05) is 32.4 Å². The van der Waals surface area contributed by atoms with Gasteiger partial charge in [0.05, 0.1) is 16.8 Å². The fraction of sp³-hybridized carbons (Fsp3) is 0.136. The molecule has 0 aliphatic heterocycles. The van der Waals surface area contributed by atoms with Gasteiger partial charge in [-0.2, -0.15) is 5.10 Å². The molecule has 1 N–H and O–H groups in total. The van der Waals surface area contributed by atoms with Gasteiger partial charge in [0.25, 0.3) is 5.91 Å². The van der Waals surface area contributed by atoms with Crippen LogP contribution >= 0.6 is 0 Å². The summed E-state index contributed by atoms with van der Waals surface area (Å²) < 4.78 is 27.1. The van der Waals surface area contributed by atoms with Crippen LogP contribution in [0, 0.1) is 0 Å². The van der Waals surface area contributed by atoms with Gasteiger partial charge >= 0.3 is 0 Å². The van der Waals surface area contributed by atoms with Crippen molar-refractivity contribution in [3.63, 3.8) is 0 Å². The number of carbonyl (C=O) groups excluding carboxylic acids is 1. The highest BCUT2D eigenvalue weighted by Gasteiger charge is 2.18. The summed E-state index contributed by atoms with van der Waals surface area (Å²) in [7, 11) is -0.519. The first-order chi connectivity index (χ1) is 14.9. The Bertz CT molecular complexity index is 1330. The van der Waals surface area contributed by atoms with Crippen LogP contribution in [0.25, 0.3) is 16.9 Å². The molecule has 0 saturated heterocycles. The van der Waals surface area contributed by atoms with Crippen molar-refractivity contribution < 1.29 is 13.2 Å². The van der Waals surface area contributed by atoms with Crippen LogP contribution in [-0.4, -0.2) is 47.3 Å². The van der Waals surface area contributed by atoms with Gasteiger partial charge in [0.1, 0.15) is 5.56 Å². The number of sulfonamides is 1. The fourth-order valence-electron chi connectivity index (χ4n) is 3.15. The molecule has 9 heteroatoms. The first kappa shape index (κ1) is 20.7. The van der Waals surface area contributed by atoms with Crippen LogP contribution in [0.1, 0.15) is 15.9 Å². The summed E-state index contributed by atoms with van der Waals surface area (Å²) in [5.41, 5.74) is 3.41. The summed E-state index contributed by atoms with van der Waals surface area (Å²) in [6.07, 6.45) is 3.15. The lowest BCUT2D eigenvalue weighted by molar-refractivity contribution is 0.0952. The number of aromatic nitrogens is 3. The number of fused-ring (bicyclic) bond motifs is 1. The third-order valence-corrected chi connectivity index (χ3v) is 6.70. The third kappa shape index (κ3) is 4.05. The molecule has 2 heterocycles. The van der Waals surface area contributed by atoms with Crippen LogP contribution in [0.5, 0.6) is 0 Å². The van der Waals surface area contributed by atoms with E-state index in [0.29, 0.717) is 11.2 Å². The third-order valence-electron chi connectivity index (χ3n) is 4.87. The van der Waals surface area contributed by atoms with E-state index in [-0.39, 0.29) is 17.3 Å². The van der Waals surface area contributed by atoms with Crippen LogP contribution < -0.4 is 5.32 Å². The number of amides is 1. The number of nitrogens with zero attached hydrogens (tertiary/aromatic N) is 4. The molecule has 0 bridgehead atoms.